The number of piperazine rings is 1. The van der Waals surface area contributed by atoms with Crippen molar-refractivity contribution in [3.05, 3.63) is 71.8 Å². The Bertz CT molecular complexity index is 1750. The summed E-state index contributed by atoms with van der Waals surface area (Å²) >= 11 is 1.93. The molecule has 0 bridgehead atoms. The van der Waals surface area contributed by atoms with Crippen LogP contribution >= 0.6 is 11.8 Å². The number of aromatic nitrogens is 2. The molecule has 0 unspecified atom stereocenters. The van der Waals surface area contributed by atoms with Gasteiger partial charge in [-0.05, 0) is 79.9 Å². The lowest BCUT2D eigenvalue weighted by Crippen LogP contribution is -2.44. The molecule has 2 fully saturated rings. The molecule has 43 heavy (non-hydrogen) atoms. The van der Waals surface area contributed by atoms with E-state index in [9.17, 15) is 22.0 Å². The largest absolute Gasteiger partial charge is 0.382 e. The lowest BCUT2D eigenvalue weighted by Gasteiger charge is -2.34. The van der Waals surface area contributed by atoms with Crippen LogP contribution in [-0.2, 0) is 9.84 Å². The van der Waals surface area contributed by atoms with Crippen molar-refractivity contribution in [1.29, 1.82) is 0 Å². The maximum Gasteiger partial charge on any atom is 0.258 e. The molecular weight excluding hydrogens is 594 g/mol. The van der Waals surface area contributed by atoms with Gasteiger partial charge >= 0.3 is 0 Å². The molecule has 6 rings (SSSR count). The van der Waals surface area contributed by atoms with Crippen LogP contribution in [-0.4, -0.2) is 80.2 Å². The van der Waals surface area contributed by atoms with Gasteiger partial charge in [0.25, 0.3) is 5.91 Å². The van der Waals surface area contributed by atoms with Gasteiger partial charge in [0.15, 0.2) is 5.82 Å². The number of sulfone groups is 1. The Morgan fingerprint density at radius 1 is 0.953 bits per heavy atom. The second-order valence-corrected chi connectivity index (χ2v) is 14.1. The summed E-state index contributed by atoms with van der Waals surface area (Å²) in [5.41, 5.74) is 2.72. The van der Waals surface area contributed by atoms with Crippen LogP contribution in [0.2, 0.25) is 0 Å². The van der Waals surface area contributed by atoms with E-state index in [1.54, 1.807) is 0 Å². The number of likely N-dealkylation sites (N-methyl/N-ethyl adjacent to an activating group) is 1. The van der Waals surface area contributed by atoms with Crippen molar-refractivity contribution in [3.8, 4) is 0 Å². The van der Waals surface area contributed by atoms with Crippen LogP contribution in [0.4, 0.5) is 26.0 Å². The van der Waals surface area contributed by atoms with Gasteiger partial charge in [-0.25, -0.2) is 17.2 Å². The predicted molar refractivity (Wildman–Crippen MR) is 166 cm³/mol. The van der Waals surface area contributed by atoms with E-state index in [4.69, 9.17) is 0 Å². The SMILES string of the molecule is CN1CCN(c2ccc(C(=O)Nc3n[nH]c4ccc(S(=O)(=O)c5cc(F)cc(F)c5)cc34)c(NC3CCSCC3)c2)CC1. The Morgan fingerprint density at radius 2 is 1.67 bits per heavy atom. The number of carbonyl (C=O) groups is 1. The molecule has 9 nitrogen and oxygen atoms in total. The third-order valence-corrected chi connectivity index (χ3v) is 10.7. The van der Waals surface area contributed by atoms with Crippen molar-refractivity contribution in [2.24, 2.45) is 0 Å². The van der Waals surface area contributed by atoms with Crippen LogP contribution in [0.25, 0.3) is 10.9 Å². The van der Waals surface area contributed by atoms with E-state index in [1.165, 1.54) is 18.2 Å². The van der Waals surface area contributed by atoms with E-state index in [2.05, 4.69) is 37.7 Å². The molecule has 4 aromatic rings. The highest BCUT2D eigenvalue weighted by atomic mass is 32.2. The number of halogens is 2. The number of benzene rings is 3. The van der Waals surface area contributed by atoms with E-state index in [0.29, 0.717) is 22.5 Å². The normalized spacial score (nSPS) is 16.9. The Balaban J connectivity index is 1.30. The molecule has 0 aliphatic carbocycles. The molecule has 2 saturated heterocycles. The Labute approximate surface area is 252 Å². The Hall–Kier alpha value is -3.68. The van der Waals surface area contributed by atoms with Gasteiger partial charge in [-0.15, -0.1) is 0 Å². The molecule has 2 aliphatic heterocycles. The Kier molecular flexibility index (Phi) is 8.29. The number of thioether (sulfide) groups is 1. The topological polar surface area (TPSA) is 110 Å². The van der Waals surface area contributed by atoms with Crippen LogP contribution in [0.15, 0.2) is 64.4 Å². The van der Waals surface area contributed by atoms with Gasteiger partial charge in [0.1, 0.15) is 11.6 Å². The molecular formula is C30H32F2N6O3S2. The smallest absolute Gasteiger partial charge is 0.258 e. The first kappa shape index (κ1) is 29.4. The van der Waals surface area contributed by atoms with Gasteiger partial charge in [-0.3, -0.25) is 9.89 Å². The monoisotopic (exact) mass is 626 g/mol. The standard InChI is InChI=1S/C30H32F2N6O3S2/c1-37-8-10-38(11-9-37)22-2-4-25(28(17-22)33-21-6-12-42-13-7-21)30(39)34-29-26-18-23(3-5-27(26)35-36-29)43(40,41)24-15-19(31)14-20(32)16-24/h2-5,14-18,21,33H,6-13H2,1H3,(H2,34,35,36,39). The number of fused-ring (bicyclic) bond motifs is 1. The van der Waals surface area contributed by atoms with Crippen molar-refractivity contribution in [2.75, 3.05) is 60.3 Å². The number of aromatic amines is 1. The number of rotatable bonds is 7. The molecule has 2 aliphatic rings. The van der Waals surface area contributed by atoms with Gasteiger partial charge in [-0.1, -0.05) is 0 Å². The number of hydrogen-bond acceptors (Lipinski definition) is 8. The molecule has 13 heteroatoms. The second-order valence-electron chi connectivity index (χ2n) is 10.9. The highest BCUT2D eigenvalue weighted by Crippen LogP contribution is 2.31. The van der Waals surface area contributed by atoms with Crippen molar-refractivity contribution in [3.63, 3.8) is 0 Å². The van der Waals surface area contributed by atoms with Gasteiger partial charge in [0.05, 0.1) is 20.9 Å². The third-order valence-electron chi connectivity index (χ3n) is 7.92. The molecule has 0 radical (unpaired) electrons. The van der Waals surface area contributed by atoms with Crippen LogP contribution in [0.3, 0.4) is 0 Å². The zero-order valence-corrected chi connectivity index (χ0v) is 25.2. The number of nitrogens with zero attached hydrogens (tertiary/aromatic N) is 3. The quantitative estimate of drug-likeness (QED) is 0.264. The zero-order valence-electron chi connectivity index (χ0n) is 23.6. The van der Waals surface area contributed by atoms with E-state index in [1.807, 2.05) is 30.0 Å². The highest BCUT2D eigenvalue weighted by Gasteiger charge is 2.24. The number of H-pyrrole nitrogens is 1. The van der Waals surface area contributed by atoms with Crippen molar-refractivity contribution in [1.82, 2.24) is 15.1 Å². The number of nitrogens with one attached hydrogen (secondary N) is 3. The molecule has 3 N–H and O–H groups in total. The van der Waals surface area contributed by atoms with Crippen LogP contribution in [0.5, 0.6) is 0 Å². The maximum absolute atomic E-state index is 13.8. The minimum Gasteiger partial charge on any atom is -0.382 e. The summed E-state index contributed by atoms with van der Waals surface area (Å²) in [5.74, 6) is -0.122. The first-order valence-electron chi connectivity index (χ1n) is 14.1. The minimum atomic E-state index is -4.25. The Morgan fingerprint density at radius 3 is 2.40 bits per heavy atom. The molecule has 0 saturated carbocycles. The van der Waals surface area contributed by atoms with Crippen LogP contribution in [0.1, 0.15) is 23.2 Å². The number of amides is 1. The van der Waals surface area contributed by atoms with Gasteiger partial charge in [0.2, 0.25) is 9.84 Å². The highest BCUT2D eigenvalue weighted by molar-refractivity contribution is 7.99. The molecule has 1 aromatic heterocycles. The van der Waals surface area contributed by atoms with Crippen LogP contribution < -0.4 is 15.5 Å². The molecule has 1 amide bonds. The first-order valence-corrected chi connectivity index (χ1v) is 16.7. The fraction of sp³-hybridized carbons (Fsp3) is 0.333. The van der Waals surface area contributed by atoms with E-state index in [0.717, 1.165) is 74.0 Å². The molecule has 226 valence electrons. The summed E-state index contributed by atoms with van der Waals surface area (Å²) in [6, 6.07) is 12.4. The summed E-state index contributed by atoms with van der Waals surface area (Å²) in [6.45, 7) is 3.72. The van der Waals surface area contributed by atoms with Crippen LogP contribution in [0, 0.1) is 11.6 Å². The number of carbonyl (C=O) groups excluding carboxylic acids is 1. The number of hydrogen-bond donors (Lipinski definition) is 3. The van der Waals surface area contributed by atoms with Gasteiger partial charge in [0, 0.05) is 55.0 Å². The predicted octanol–water partition coefficient (Wildman–Crippen LogP) is 4.99. The van der Waals surface area contributed by atoms with E-state index >= 15 is 0 Å². The molecule has 3 aromatic carbocycles. The summed E-state index contributed by atoms with van der Waals surface area (Å²) in [5, 5.41) is 13.8. The van der Waals surface area contributed by atoms with Gasteiger partial charge in [-0.2, -0.15) is 16.9 Å². The average molecular weight is 627 g/mol. The minimum absolute atomic E-state index is 0.144. The first-order chi connectivity index (χ1) is 20.7. The fourth-order valence-corrected chi connectivity index (χ4v) is 7.86. The van der Waals surface area contributed by atoms with Crippen molar-refractivity contribution in [2.45, 2.75) is 28.7 Å². The van der Waals surface area contributed by atoms with Gasteiger partial charge < -0.3 is 20.4 Å². The summed E-state index contributed by atoms with van der Waals surface area (Å²) < 4.78 is 54.0. The van der Waals surface area contributed by atoms with Crippen molar-refractivity contribution >= 4 is 55.6 Å². The lowest BCUT2D eigenvalue weighted by molar-refractivity contribution is 0.102. The van der Waals surface area contributed by atoms with Crippen molar-refractivity contribution < 1.29 is 22.0 Å². The average Bonchev–Trinajstić information content (AvgIpc) is 3.39. The molecule has 0 atom stereocenters. The summed E-state index contributed by atoms with van der Waals surface area (Å²) in [7, 11) is -2.14. The fourth-order valence-electron chi connectivity index (χ4n) is 5.42. The summed E-state index contributed by atoms with van der Waals surface area (Å²) in [6.07, 6.45) is 2.00. The summed E-state index contributed by atoms with van der Waals surface area (Å²) in [4.78, 5) is 17.6. The molecule has 0 spiro atoms. The second kappa shape index (κ2) is 12.1. The van der Waals surface area contributed by atoms with E-state index in [-0.39, 0.29) is 16.8 Å². The third kappa shape index (κ3) is 6.34. The zero-order chi connectivity index (χ0) is 30.1. The lowest BCUT2D eigenvalue weighted by atomic mass is 10.1. The van der Waals surface area contributed by atoms with E-state index < -0.39 is 32.3 Å². The number of anilines is 3. The maximum atomic E-state index is 13.8. The molecule has 3 heterocycles.